The van der Waals surface area contributed by atoms with Crippen LogP contribution in [-0.4, -0.2) is 18.2 Å². The third-order valence-corrected chi connectivity index (χ3v) is 3.10. The average molecular weight is 251 g/mol. The molecule has 0 aliphatic rings. The monoisotopic (exact) mass is 250 g/mol. The largest absolute Gasteiger partial charge is 0.272 e. The number of nitrogens with zero attached hydrogens (tertiary/aromatic N) is 2. The number of halogens is 1. The number of unbranched alkanes of at least 4 members (excludes halogenated alkanes) is 1. The summed E-state index contributed by atoms with van der Waals surface area (Å²) in [4.78, 5) is 0. The van der Waals surface area contributed by atoms with Crippen molar-refractivity contribution in [3.05, 3.63) is 17.5 Å². The number of hydrogen-bond acceptors (Lipinski definition) is 3. The van der Waals surface area contributed by atoms with Crippen molar-refractivity contribution in [2.45, 2.75) is 39.0 Å². The van der Waals surface area contributed by atoms with Crippen molar-refractivity contribution in [1.29, 1.82) is 0 Å². The van der Waals surface area contributed by atoms with E-state index in [-0.39, 0.29) is 5.75 Å². The molecule has 0 N–H and O–H groups in total. The summed E-state index contributed by atoms with van der Waals surface area (Å²) in [5, 5.41) is 4.23. The second-order valence-electron chi connectivity index (χ2n) is 3.54. The van der Waals surface area contributed by atoms with Crippen LogP contribution in [0.1, 0.15) is 31.0 Å². The minimum absolute atomic E-state index is 0.146. The van der Waals surface area contributed by atoms with Crippen molar-refractivity contribution < 1.29 is 8.42 Å². The van der Waals surface area contributed by atoms with E-state index < -0.39 is 9.05 Å². The highest BCUT2D eigenvalue weighted by Gasteiger charge is 2.12. The summed E-state index contributed by atoms with van der Waals surface area (Å²) in [5.74, 6) is -0.146. The Morgan fingerprint density at radius 2 is 2.20 bits per heavy atom. The van der Waals surface area contributed by atoms with Crippen LogP contribution in [0.25, 0.3) is 0 Å². The lowest BCUT2D eigenvalue weighted by Crippen LogP contribution is -1.97. The molecule has 0 aliphatic carbocycles. The Balaban J connectivity index is 2.77. The Morgan fingerprint density at radius 1 is 1.53 bits per heavy atom. The van der Waals surface area contributed by atoms with E-state index in [1.807, 2.05) is 0 Å². The van der Waals surface area contributed by atoms with Gasteiger partial charge in [-0.3, -0.25) is 4.68 Å². The molecule has 0 spiro atoms. The summed E-state index contributed by atoms with van der Waals surface area (Å²) < 4.78 is 23.6. The van der Waals surface area contributed by atoms with Gasteiger partial charge in [-0.25, -0.2) is 8.42 Å². The Bertz CT molecular complexity index is 425. The maximum absolute atomic E-state index is 10.9. The summed E-state index contributed by atoms with van der Waals surface area (Å²) in [5.41, 5.74) is 1.41. The van der Waals surface area contributed by atoms with E-state index >= 15 is 0 Å². The summed E-state index contributed by atoms with van der Waals surface area (Å²) in [6, 6.07) is 0. The quantitative estimate of drug-likeness (QED) is 0.752. The summed E-state index contributed by atoms with van der Waals surface area (Å²) in [6.45, 7) is 4.71. The van der Waals surface area contributed by atoms with Crippen LogP contribution >= 0.6 is 10.7 Å². The molecule has 4 nitrogen and oxygen atoms in total. The number of aromatic nitrogens is 2. The van der Waals surface area contributed by atoms with Crippen molar-refractivity contribution in [3.63, 3.8) is 0 Å². The van der Waals surface area contributed by atoms with Crippen molar-refractivity contribution in [1.82, 2.24) is 9.78 Å². The molecule has 86 valence electrons. The number of rotatable bonds is 5. The fourth-order valence-corrected chi connectivity index (χ4v) is 2.33. The first kappa shape index (κ1) is 12.5. The van der Waals surface area contributed by atoms with E-state index in [0.717, 1.165) is 25.1 Å². The van der Waals surface area contributed by atoms with Gasteiger partial charge in [0.15, 0.2) is 0 Å². The predicted octanol–water partition coefficient (Wildman–Crippen LogP) is 2.06. The van der Waals surface area contributed by atoms with E-state index in [9.17, 15) is 8.42 Å². The van der Waals surface area contributed by atoms with E-state index in [0.29, 0.717) is 5.56 Å². The normalized spacial score (nSPS) is 11.9. The molecule has 1 heterocycles. The highest BCUT2D eigenvalue weighted by Crippen LogP contribution is 2.13. The standard InChI is InChI=1S/C9H15ClN2O2S/c1-3-4-5-12-6-9(8(2)11-12)7-15(10,13)14/h6H,3-5,7H2,1-2H3. The van der Waals surface area contributed by atoms with Crippen LogP contribution < -0.4 is 0 Å². The second-order valence-corrected chi connectivity index (χ2v) is 6.32. The fourth-order valence-electron chi connectivity index (χ4n) is 1.32. The van der Waals surface area contributed by atoms with Crippen molar-refractivity contribution >= 4 is 19.7 Å². The van der Waals surface area contributed by atoms with E-state index in [1.165, 1.54) is 0 Å². The molecule has 0 saturated carbocycles. The van der Waals surface area contributed by atoms with Crippen LogP contribution in [0.2, 0.25) is 0 Å². The van der Waals surface area contributed by atoms with E-state index in [1.54, 1.807) is 17.8 Å². The minimum Gasteiger partial charge on any atom is -0.272 e. The SMILES string of the molecule is CCCCn1cc(CS(=O)(=O)Cl)c(C)n1. The molecule has 1 aromatic heterocycles. The zero-order chi connectivity index (χ0) is 11.5. The number of aryl methyl sites for hydroxylation is 2. The zero-order valence-electron chi connectivity index (χ0n) is 8.90. The molecular weight excluding hydrogens is 236 g/mol. The van der Waals surface area contributed by atoms with Gasteiger partial charge in [-0.15, -0.1) is 0 Å². The van der Waals surface area contributed by atoms with Gasteiger partial charge in [-0.2, -0.15) is 5.10 Å². The van der Waals surface area contributed by atoms with E-state index in [2.05, 4.69) is 12.0 Å². The van der Waals surface area contributed by atoms with Gasteiger partial charge >= 0.3 is 0 Å². The molecule has 0 saturated heterocycles. The molecule has 1 rings (SSSR count). The molecular formula is C9H15ClN2O2S. The van der Waals surface area contributed by atoms with Gasteiger partial charge < -0.3 is 0 Å². The molecule has 0 fully saturated rings. The Kier molecular flexibility index (Phi) is 4.16. The summed E-state index contributed by atoms with van der Waals surface area (Å²) >= 11 is 0. The molecule has 0 amide bonds. The molecule has 0 atom stereocenters. The van der Waals surface area contributed by atoms with Gasteiger partial charge in [0.25, 0.3) is 0 Å². The van der Waals surface area contributed by atoms with Gasteiger partial charge in [0.05, 0.1) is 11.4 Å². The molecule has 15 heavy (non-hydrogen) atoms. The van der Waals surface area contributed by atoms with Crippen LogP contribution in [0.5, 0.6) is 0 Å². The summed E-state index contributed by atoms with van der Waals surface area (Å²) in [6.07, 6.45) is 3.88. The Morgan fingerprint density at radius 3 is 2.73 bits per heavy atom. The second kappa shape index (κ2) is 4.99. The van der Waals surface area contributed by atoms with Crippen molar-refractivity contribution in [2.75, 3.05) is 0 Å². The first-order valence-electron chi connectivity index (χ1n) is 4.87. The van der Waals surface area contributed by atoms with Crippen LogP contribution in [0.15, 0.2) is 6.20 Å². The predicted molar refractivity (Wildman–Crippen MR) is 60.3 cm³/mol. The lowest BCUT2D eigenvalue weighted by atomic mass is 10.3. The lowest BCUT2D eigenvalue weighted by Gasteiger charge is -1.97. The highest BCUT2D eigenvalue weighted by atomic mass is 35.7. The maximum atomic E-state index is 10.9. The van der Waals surface area contributed by atoms with E-state index in [4.69, 9.17) is 10.7 Å². The van der Waals surface area contributed by atoms with Crippen LogP contribution in [0, 0.1) is 6.92 Å². The van der Waals surface area contributed by atoms with Crippen LogP contribution in [0.3, 0.4) is 0 Å². The third-order valence-electron chi connectivity index (χ3n) is 2.12. The minimum atomic E-state index is -3.49. The maximum Gasteiger partial charge on any atom is 0.236 e. The van der Waals surface area contributed by atoms with Crippen molar-refractivity contribution in [2.24, 2.45) is 0 Å². The molecule has 0 aromatic carbocycles. The summed E-state index contributed by atoms with van der Waals surface area (Å²) in [7, 11) is 1.70. The molecule has 0 radical (unpaired) electrons. The van der Waals surface area contributed by atoms with Crippen LogP contribution in [0.4, 0.5) is 0 Å². The first-order valence-corrected chi connectivity index (χ1v) is 7.35. The number of hydrogen-bond donors (Lipinski definition) is 0. The van der Waals surface area contributed by atoms with Gasteiger partial charge in [-0.1, -0.05) is 13.3 Å². The molecule has 6 heteroatoms. The van der Waals surface area contributed by atoms with Gasteiger partial charge in [-0.05, 0) is 13.3 Å². The van der Waals surface area contributed by atoms with Gasteiger partial charge in [0, 0.05) is 29.0 Å². The lowest BCUT2D eigenvalue weighted by molar-refractivity contribution is 0.568. The first-order chi connectivity index (χ1) is 6.92. The average Bonchev–Trinajstić information content (AvgIpc) is 2.41. The highest BCUT2D eigenvalue weighted by molar-refractivity contribution is 8.13. The third kappa shape index (κ3) is 4.22. The molecule has 0 aliphatic heterocycles. The fraction of sp³-hybridized carbons (Fsp3) is 0.667. The smallest absolute Gasteiger partial charge is 0.236 e. The van der Waals surface area contributed by atoms with Gasteiger partial charge in [0.2, 0.25) is 9.05 Å². The zero-order valence-corrected chi connectivity index (χ0v) is 10.5. The molecule has 1 aromatic rings. The molecule has 0 bridgehead atoms. The Labute approximate surface area is 94.7 Å². The van der Waals surface area contributed by atoms with Crippen LogP contribution in [-0.2, 0) is 21.3 Å². The molecule has 0 unspecified atom stereocenters. The van der Waals surface area contributed by atoms with Gasteiger partial charge in [0.1, 0.15) is 0 Å². The van der Waals surface area contributed by atoms with Crippen molar-refractivity contribution in [3.8, 4) is 0 Å². The Hall–Kier alpha value is -0.550. The topological polar surface area (TPSA) is 52.0 Å².